The first kappa shape index (κ1) is 21.8. The van der Waals surface area contributed by atoms with E-state index in [-0.39, 0.29) is 5.82 Å². The number of fused-ring (bicyclic) bond motifs is 1. The Hall–Kier alpha value is -3.40. The number of carboxylic acid groups (broad SMARTS) is 1. The summed E-state index contributed by atoms with van der Waals surface area (Å²) in [7, 11) is 0. The topological polar surface area (TPSA) is 53.4 Å². The van der Waals surface area contributed by atoms with Crippen LogP contribution in [0.3, 0.4) is 0 Å². The molecule has 0 bridgehead atoms. The van der Waals surface area contributed by atoms with E-state index in [0.717, 1.165) is 22.7 Å². The number of carboxylic acids is 1. The molecule has 4 aromatic rings. The maximum Gasteiger partial charge on any atom is 0.382 e. The van der Waals surface area contributed by atoms with Gasteiger partial charge in [0.2, 0.25) is 0 Å². The average molecular weight is 465 g/mol. The molecule has 0 fully saturated rings. The zero-order valence-corrected chi connectivity index (χ0v) is 18.5. The van der Waals surface area contributed by atoms with E-state index in [1.54, 1.807) is 18.2 Å². The molecule has 4 rings (SSSR count). The predicted molar refractivity (Wildman–Crippen MR) is 127 cm³/mol. The first-order chi connectivity index (χ1) is 15.5. The Balaban J connectivity index is 1.60. The van der Waals surface area contributed by atoms with E-state index in [1.165, 1.54) is 17.4 Å². The number of hydrogen-bond acceptors (Lipinski definition) is 4. The van der Waals surface area contributed by atoms with E-state index < -0.39 is 5.97 Å². The summed E-state index contributed by atoms with van der Waals surface area (Å²) in [6.45, 7) is 1.23. The molecule has 32 heavy (non-hydrogen) atoms. The van der Waals surface area contributed by atoms with Gasteiger partial charge in [-0.3, -0.25) is 0 Å². The second kappa shape index (κ2) is 9.82. The van der Waals surface area contributed by atoms with Crippen molar-refractivity contribution in [2.45, 2.75) is 13.0 Å². The number of nitrogens with zero attached hydrogens (tertiary/aromatic N) is 2. The van der Waals surface area contributed by atoms with Crippen LogP contribution in [0.15, 0.2) is 66.7 Å². The lowest BCUT2D eigenvalue weighted by Gasteiger charge is -2.22. The standard InChI is InChI=1S/C25H18ClFN2O2S/c26-20-4-1-3-18(15-20)13-14-29(25-28-22-6-2-5-21(27)24(22)32-25)16-19-9-7-17(8-10-19)11-12-23(30)31/h1-10,15H,13-14,16H2,(H,30,31). The fourth-order valence-electron chi connectivity index (χ4n) is 3.28. The van der Waals surface area contributed by atoms with Crippen molar-refractivity contribution in [1.82, 2.24) is 4.98 Å². The lowest BCUT2D eigenvalue weighted by atomic mass is 10.1. The van der Waals surface area contributed by atoms with Crippen LogP contribution < -0.4 is 4.90 Å². The minimum Gasteiger partial charge on any atom is -0.472 e. The Morgan fingerprint density at radius 3 is 2.59 bits per heavy atom. The van der Waals surface area contributed by atoms with Gasteiger partial charge in [0.1, 0.15) is 5.82 Å². The van der Waals surface area contributed by atoms with Crippen LogP contribution in [-0.2, 0) is 17.8 Å². The fourth-order valence-corrected chi connectivity index (χ4v) is 4.49. The minimum absolute atomic E-state index is 0.276. The number of halogens is 2. The van der Waals surface area contributed by atoms with E-state index >= 15 is 0 Å². The first-order valence-corrected chi connectivity index (χ1v) is 11.1. The van der Waals surface area contributed by atoms with Gasteiger partial charge >= 0.3 is 5.97 Å². The van der Waals surface area contributed by atoms with E-state index in [4.69, 9.17) is 16.7 Å². The molecule has 0 atom stereocenters. The van der Waals surface area contributed by atoms with Gasteiger partial charge in [0.05, 0.1) is 10.2 Å². The van der Waals surface area contributed by atoms with Gasteiger partial charge in [-0.25, -0.2) is 14.2 Å². The number of aliphatic carboxylic acids is 1. The average Bonchev–Trinajstić information content (AvgIpc) is 3.22. The van der Waals surface area contributed by atoms with Crippen LogP contribution in [0.2, 0.25) is 5.02 Å². The summed E-state index contributed by atoms with van der Waals surface area (Å²) in [4.78, 5) is 17.4. The number of carbonyl (C=O) groups is 1. The molecule has 0 aliphatic carbocycles. The molecule has 4 nitrogen and oxygen atoms in total. The number of rotatable bonds is 6. The molecule has 7 heteroatoms. The summed E-state index contributed by atoms with van der Waals surface area (Å²) in [6.07, 6.45) is 0.751. The third-order valence-electron chi connectivity index (χ3n) is 4.83. The van der Waals surface area contributed by atoms with Gasteiger partial charge < -0.3 is 10.0 Å². The van der Waals surface area contributed by atoms with Crippen LogP contribution in [-0.4, -0.2) is 22.6 Å². The van der Waals surface area contributed by atoms with Gasteiger partial charge in [0.15, 0.2) is 5.13 Å². The van der Waals surface area contributed by atoms with Crippen molar-refractivity contribution in [3.8, 4) is 11.8 Å². The molecule has 1 heterocycles. The van der Waals surface area contributed by atoms with Gasteiger partial charge in [0, 0.05) is 29.6 Å². The summed E-state index contributed by atoms with van der Waals surface area (Å²) >= 11 is 7.45. The zero-order chi connectivity index (χ0) is 22.5. The highest BCUT2D eigenvalue weighted by Crippen LogP contribution is 2.31. The quantitative estimate of drug-likeness (QED) is 0.368. The summed E-state index contributed by atoms with van der Waals surface area (Å²) in [5.41, 5.74) is 3.38. The molecule has 0 saturated carbocycles. The van der Waals surface area contributed by atoms with Crippen molar-refractivity contribution in [3.63, 3.8) is 0 Å². The third kappa shape index (κ3) is 5.44. The monoisotopic (exact) mass is 464 g/mol. The van der Waals surface area contributed by atoms with Crippen molar-refractivity contribution in [1.29, 1.82) is 0 Å². The number of thiazole rings is 1. The summed E-state index contributed by atoms with van der Waals surface area (Å²) in [5, 5.41) is 10.1. The van der Waals surface area contributed by atoms with Crippen LogP contribution in [0.1, 0.15) is 16.7 Å². The molecule has 3 aromatic carbocycles. The molecule has 0 aliphatic rings. The molecule has 0 unspecified atom stereocenters. The van der Waals surface area contributed by atoms with Crippen LogP contribution in [0.25, 0.3) is 10.2 Å². The van der Waals surface area contributed by atoms with Gasteiger partial charge in [0.25, 0.3) is 0 Å². The van der Waals surface area contributed by atoms with Crippen LogP contribution in [0.5, 0.6) is 0 Å². The summed E-state index contributed by atoms with van der Waals surface area (Å²) in [5.74, 6) is 3.28. The molecule has 0 spiro atoms. The van der Waals surface area contributed by atoms with Crippen molar-refractivity contribution < 1.29 is 14.3 Å². The lowest BCUT2D eigenvalue weighted by Crippen LogP contribution is -2.25. The molecule has 0 amide bonds. The highest BCUT2D eigenvalue weighted by molar-refractivity contribution is 7.22. The molecule has 160 valence electrons. The molecular formula is C25H18ClFN2O2S. The third-order valence-corrected chi connectivity index (χ3v) is 6.20. The largest absolute Gasteiger partial charge is 0.472 e. The van der Waals surface area contributed by atoms with Crippen molar-refractivity contribution in [2.75, 3.05) is 11.4 Å². The maximum atomic E-state index is 14.2. The Bertz CT molecular complexity index is 1330. The lowest BCUT2D eigenvalue weighted by molar-refractivity contribution is -0.130. The van der Waals surface area contributed by atoms with Crippen LogP contribution >= 0.6 is 22.9 Å². The Morgan fingerprint density at radius 1 is 1.09 bits per heavy atom. The molecule has 0 saturated heterocycles. The Kier molecular flexibility index (Phi) is 6.69. The molecular weight excluding hydrogens is 447 g/mol. The molecule has 1 N–H and O–H groups in total. The summed E-state index contributed by atoms with van der Waals surface area (Å²) in [6, 6.07) is 20.0. The number of hydrogen-bond donors (Lipinski definition) is 1. The SMILES string of the molecule is O=C(O)C#Cc1ccc(CN(CCc2cccc(Cl)c2)c2nc3cccc(F)c3s2)cc1. The van der Waals surface area contributed by atoms with Crippen LogP contribution in [0.4, 0.5) is 9.52 Å². The minimum atomic E-state index is -1.16. The van der Waals surface area contributed by atoms with Crippen LogP contribution in [0, 0.1) is 17.7 Å². The van der Waals surface area contributed by atoms with E-state index in [9.17, 15) is 9.18 Å². The zero-order valence-electron chi connectivity index (χ0n) is 16.9. The normalized spacial score (nSPS) is 10.6. The van der Waals surface area contributed by atoms with Gasteiger partial charge in [-0.1, -0.05) is 59.2 Å². The van der Waals surface area contributed by atoms with E-state index in [1.807, 2.05) is 42.5 Å². The Labute approximate surface area is 193 Å². The smallest absolute Gasteiger partial charge is 0.382 e. The van der Waals surface area contributed by atoms with Crippen molar-refractivity contribution >= 4 is 44.3 Å². The highest BCUT2D eigenvalue weighted by atomic mass is 35.5. The predicted octanol–water partition coefficient (Wildman–Crippen LogP) is 5.77. The second-order valence-electron chi connectivity index (χ2n) is 7.14. The second-order valence-corrected chi connectivity index (χ2v) is 8.55. The molecule has 0 radical (unpaired) electrons. The number of anilines is 1. The van der Waals surface area contributed by atoms with Gasteiger partial charge in [-0.15, -0.1) is 0 Å². The maximum absolute atomic E-state index is 14.2. The van der Waals surface area contributed by atoms with Crippen molar-refractivity contribution in [2.24, 2.45) is 0 Å². The van der Waals surface area contributed by atoms with Gasteiger partial charge in [-0.2, -0.15) is 0 Å². The summed E-state index contributed by atoms with van der Waals surface area (Å²) < 4.78 is 14.8. The Morgan fingerprint density at radius 2 is 1.88 bits per heavy atom. The van der Waals surface area contributed by atoms with E-state index in [0.29, 0.717) is 33.9 Å². The first-order valence-electron chi connectivity index (χ1n) is 9.86. The molecule has 0 aliphatic heterocycles. The van der Waals surface area contributed by atoms with E-state index in [2.05, 4.69) is 21.7 Å². The van der Waals surface area contributed by atoms with Gasteiger partial charge in [-0.05, 0) is 53.9 Å². The highest BCUT2D eigenvalue weighted by Gasteiger charge is 2.15. The number of aromatic nitrogens is 1. The fraction of sp³-hybridized carbons (Fsp3) is 0.120. The molecule has 1 aromatic heterocycles. The number of benzene rings is 3. The van der Waals surface area contributed by atoms with Crippen molar-refractivity contribution in [3.05, 3.63) is 94.3 Å².